The van der Waals surface area contributed by atoms with Gasteiger partial charge in [-0.25, -0.2) is 0 Å². The molecule has 0 atom stereocenters. The summed E-state index contributed by atoms with van der Waals surface area (Å²) in [6, 6.07) is 3.01. The molecule has 0 saturated carbocycles. The molecule has 94 valence electrons. The van der Waals surface area contributed by atoms with E-state index in [1.165, 1.54) is 11.0 Å². The number of halogens is 1. The summed E-state index contributed by atoms with van der Waals surface area (Å²) >= 11 is 0. The minimum Gasteiger partial charge on any atom is -0.328 e. The molecular weight excluding hydrogens is 239 g/mol. The highest BCUT2D eigenvalue weighted by Gasteiger charge is 2.20. The van der Waals surface area contributed by atoms with Crippen LogP contribution in [0.25, 0.3) is 0 Å². The van der Waals surface area contributed by atoms with Crippen LogP contribution in [0.2, 0.25) is 0 Å². The molecular formula is C12H11FN2O3. The quantitative estimate of drug-likeness (QED) is 0.465. The second-order valence-corrected chi connectivity index (χ2v) is 3.45. The average Bonchev–Trinajstić information content (AvgIpc) is 2.35. The van der Waals surface area contributed by atoms with E-state index in [1.807, 2.05) is 0 Å². The molecule has 5 nitrogen and oxygen atoms in total. The van der Waals surface area contributed by atoms with E-state index in [2.05, 4.69) is 5.92 Å². The van der Waals surface area contributed by atoms with Crippen molar-refractivity contribution in [1.82, 2.24) is 4.90 Å². The first-order valence-corrected chi connectivity index (χ1v) is 5.18. The maximum Gasteiger partial charge on any atom is 0.305 e. The van der Waals surface area contributed by atoms with Crippen LogP contribution in [-0.2, 0) is 0 Å². The average molecular weight is 250 g/mol. The zero-order valence-electron chi connectivity index (χ0n) is 9.72. The number of nitro groups is 1. The fraction of sp³-hybridized carbons (Fsp3) is 0.250. The summed E-state index contributed by atoms with van der Waals surface area (Å²) in [5.74, 6) is 0.880. The van der Waals surface area contributed by atoms with Gasteiger partial charge in [-0.05, 0) is 19.1 Å². The highest BCUT2D eigenvalue weighted by Crippen LogP contribution is 2.19. The minimum absolute atomic E-state index is 0.0419. The lowest BCUT2D eigenvalue weighted by molar-refractivity contribution is -0.387. The van der Waals surface area contributed by atoms with Crippen LogP contribution < -0.4 is 0 Å². The summed E-state index contributed by atoms with van der Waals surface area (Å²) in [6.07, 6.45) is 5.11. The first kappa shape index (κ1) is 13.6. The van der Waals surface area contributed by atoms with E-state index in [0.717, 1.165) is 12.1 Å². The molecule has 0 aliphatic carbocycles. The monoisotopic (exact) mass is 250 g/mol. The van der Waals surface area contributed by atoms with Gasteiger partial charge in [0.2, 0.25) is 5.82 Å². The Hall–Kier alpha value is -2.42. The molecule has 1 aromatic carbocycles. The molecule has 6 heteroatoms. The molecule has 1 rings (SSSR count). The molecule has 1 aromatic rings. The van der Waals surface area contributed by atoms with Gasteiger partial charge in [0.1, 0.15) is 0 Å². The maximum absolute atomic E-state index is 13.1. The molecule has 1 amide bonds. The third-order valence-electron chi connectivity index (χ3n) is 2.34. The number of nitrogens with zero attached hydrogens (tertiary/aromatic N) is 2. The summed E-state index contributed by atoms with van der Waals surface area (Å²) in [4.78, 5) is 23.0. The Morgan fingerprint density at radius 2 is 2.28 bits per heavy atom. The Morgan fingerprint density at radius 3 is 2.78 bits per heavy atom. The van der Waals surface area contributed by atoms with Crippen molar-refractivity contribution in [3.63, 3.8) is 0 Å². The fourth-order valence-electron chi connectivity index (χ4n) is 1.41. The van der Waals surface area contributed by atoms with Gasteiger partial charge >= 0.3 is 5.69 Å². The number of terminal acetylenes is 1. The van der Waals surface area contributed by atoms with E-state index in [1.54, 1.807) is 6.92 Å². The summed E-state index contributed by atoms with van der Waals surface area (Å²) in [5.41, 5.74) is -0.683. The van der Waals surface area contributed by atoms with E-state index in [9.17, 15) is 19.3 Å². The van der Waals surface area contributed by atoms with Gasteiger partial charge in [-0.3, -0.25) is 14.9 Å². The molecule has 0 spiro atoms. The Morgan fingerprint density at radius 1 is 1.61 bits per heavy atom. The molecule has 0 aromatic heterocycles. The van der Waals surface area contributed by atoms with E-state index in [-0.39, 0.29) is 12.1 Å². The van der Waals surface area contributed by atoms with Crippen molar-refractivity contribution in [1.29, 1.82) is 0 Å². The zero-order chi connectivity index (χ0) is 13.7. The summed E-state index contributed by atoms with van der Waals surface area (Å²) in [5, 5.41) is 10.6. The first-order chi connectivity index (χ1) is 8.51. The molecule has 0 bridgehead atoms. The number of benzene rings is 1. The summed E-state index contributed by atoms with van der Waals surface area (Å²) < 4.78 is 13.1. The zero-order valence-corrected chi connectivity index (χ0v) is 9.72. The number of hydrogen-bond acceptors (Lipinski definition) is 3. The minimum atomic E-state index is -0.975. The van der Waals surface area contributed by atoms with Crippen molar-refractivity contribution < 1.29 is 14.1 Å². The van der Waals surface area contributed by atoms with Crippen LogP contribution in [0.5, 0.6) is 0 Å². The molecule has 18 heavy (non-hydrogen) atoms. The smallest absolute Gasteiger partial charge is 0.305 e. The predicted octanol–water partition coefficient (Wildman–Crippen LogP) is 1.83. The molecule has 0 heterocycles. The van der Waals surface area contributed by atoms with Crippen molar-refractivity contribution in [2.45, 2.75) is 6.92 Å². The third kappa shape index (κ3) is 2.83. The lowest BCUT2D eigenvalue weighted by Crippen LogP contribution is -2.31. The van der Waals surface area contributed by atoms with Crippen LogP contribution in [0, 0.1) is 28.3 Å². The van der Waals surface area contributed by atoms with Crippen LogP contribution in [0.3, 0.4) is 0 Å². The molecule has 0 fully saturated rings. The Bertz CT molecular complexity index is 523. The van der Waals surface area contributed by atoms with Crippen LogP contribution in [-0.4, -0.2) is 28.8 Å². The number of carbonyl (C=O) groups excluding carboxylic acids is 1. The largest absolute Gasteiger partial charge is 0.328 e. The second kappa shape index (κ2) is 5.77. The van der Waals surface area contributed by atoms with Gasteiger partial charge in [-0.15, -0.1) is 6.42 Å². The Labute approximate surface area is 103 Å². The number of rotatable bonds is 4. The van der Waals surface area contributed by atoms with Crippen molar-refractivity contribution in [2.75, 3.05) is 13.1 Å². The normalized spacial score (nSPS) is 9.61. The van der Waals surface area contributed by atoms with E-state index < -0.39 is 22.3 Å². The van der Waals surface area contributed by atoms with Crippen molar-refractivity contribution in [2.24, 2.45) is 0 Å². The van der Waals surface area contributed by atoms with Gasteiger partial charge < -0.3 is 4.90 Å². The van der Waals surface area contributed by atoms with E-state index >= 15 is 0 Å². The van der Waals surface area contributed by atoms with E-state index in [4.69, 9.17) is 6.42 Å². The molecule has 0 N–H and O–H groups in total. The van der Waals surface area contributed by atoms with Gasteiger partial charge in [-0.2, -0.15) is 4.39 Å². The highest BCUT2D eigenvalue weighted by molar-refractivity contribution is 5.95. The van der Waals surface area contributed by atoms with Crippen LogP contribution in [0.4, 0.5) is 10.1 Å². The lowest BCUT2D eigenvalue weighted by atomic mass is 10.1. The predicted molar refractivity (Wildman–Crippen MR) is 63.5 cm³/mol. The van der Waals surface area contributed by atoms with Crippen molar-refractivity contribution in [3.05, 3.63) is 39.7 Å². The van der Waals surface area contributed by atoms with Crippen LogP contribution in [0.1, 0.15) is 17.3 Å². The van der Waals surface area contributed by atoms with Crippen molar-refractivity contribution in [3.8, 4) is 12.3 Å². The Kier molecular flexibility index (Phi) is 4.38. The second-order valence-electron chi connectivity index (χ2n) is 3.45. The number of nitro benzene ring substituents is 1. The van der Waals surface area contributed by atoms with Crippen molar-refractivity contribution >= 4 is 11.6 Å². The summed E-state index contributed by atoms with van der Waals surface area (Å²) in [7, 11) is 0. The molecule has 0 unspecified atom stereocenters. The van der Waals surface area contributed by atoms with Gasteiger partial charge in [0, 0.05) is 18.2 Å². The molecule has 0 aliphatic rings. The number of carbonyl (C=O) groups is 1. The SMILES string of the molecule is C#CCN(CC)C(=O)c1ccc(F)c([N+](=O)[O-])c1. The lowest BCUT2D eigenvalue weighted by Gasteiger charge is -2.17. The van der Waals surface area contributed by atoms with Gasteiger partial charge in [0.25, 0.3) is 5.91 Å². The van der Waals surface area contributed by atoms with Gasteiger partial charge in [0.05, 0.1) is 11.5 Å². The van der Waals surface area contributed by atoms with Gasteiger partial charge in [-0.1, -0.05) is 5.92 Å². The van der Waals surface area contributed by atoms with Crippen LogP contribution >= 0.6 is 0 Å². The van der Waals surface area contributed by atoms with Crippen LogP contribution in [0.15, 0.2) is 18.2 Å². The molecule has 0 radical (unpaired) electrons. The highest BCUT2D eigenvalue weighted by atomic mass is 19.1. The van der Waals surface area contributed by atoms with Gasteiger partial charge in [0.15, 0.2) is 0 Å². The fourth-order valence-corrected chi connectivity index (χ4v) is 1.41. The molecule has 0 aliphatic heterocycles. The molecule has 0 saturated heterocycles. The topological polar surface area (TPSA) is 63.5 Å². The standard InChI is InChI=1S/C12H11FN2O3/c1-3-7-14(4-2)12(16)9-5-6-10(13)11(8-9)15(17)18/h1,5-6,8H,4,7H2,2H3. The number of hydrogen-bond donors (Lipinski definition) is 0. The summed E-state index contributed by atoms with van der Waals surface area (Å²) in [6.45, 7) is 2.20. The first-order valence-electron chi connectivity index (χ1n) is 5.18. The van der Waals surface area contributed by atoms with E-state index in [0.29, 0.717) is 6.54 Å². The third-order valence-corrected chi connectivity index (χ3v) is 2.34. The maximum atomic E-state index is 13.1. The Balaban J connectivity index is 3.11. The number of amides is 1.